The molecule has 0 spiro atoms. The van der Waals surface area contributed by atoms with Gasteiger partial charge in [0, 0.05) is 13.1 Å². The highest BCUT2D eigenvalue weighted by atomic mass is 32.1. The molecule has 2 rings (SSSR count). The molecular weight excluding hydrogens is 336 g/mol. The number of amides is 2. The SMILES string of the molecule is CCN(CC)C(=O)Cn1cc([N+](=O)[O-])sc1=NC(=O)c1ccco1. The number of hydrogen-bond acceptors (Lipinski definition) is 6. The third-order valence-corrected chi connectivity index (χ3v) is 4.21. The summed E-state index contributed by atoms with van der Waals surface area (Å²) in [6.07, 6.45) is 2.54. The molecule has 128 valence electrons. The maximum Gasteiger partial charge on any atom is 0.343 e. The van der Waals surface area contributed by atoms with Crippen LogP contribution in [-0.4, -0.2) is 39.3 Å². The van der Waals surface area contributed by atoms with Crippen LogP contribution in [0.1, 0.15) is 24.4 Å². The molecule has 0 aliphatic heterocycles. The molecule has 0 atom stereocenters. The molecular formula is C14H16N4O5S. The Morgan fingerprint density at radius 2 is 2.12 bits per heavy atom. The van der Waals surface area contributed by atoms with E-state index in [1.54, 1.807) is 4.90 Å². The van der Waals surface area contributed by atoms with Crippen molar-refractivity contribution < 1.29 is 18.9 Å². The Kier molecular flexibility index (Phi) is 5.64. The van der Waals surface area contributed by atoms with Crippen LogP contribution in [0.2, 0.25) is 0 Å². The molecule has 2 aromatic rings. The van der Waals surface area contributed by atoms with E-state index in [0.717, 1.165) is 11.3 Å². The van der Waals surface area contributed by atoms with Gasteiger partial charge in [0.25, 0.3) is 0 Å². The first-order valence-corrected chi connectivity index (χ1v) is 8.02. The fourth-order valence-electron chi connectivity index (χ4n) is 2.02. The van der Waals surface area contributed by atoms with Crippen molar-refractivity contribution in [2.75, 3.05) is 13.1 Å². The maximum absolute atomic E-state index is 12.2. The smallest absolute Gasteiger partial charge is 0.343 e. The summed E-state index contributed by atoms with van der Waals surface area (Å²) in [7, 11) is 0. The molecule has 24 heavy (non-hydrogen) atoms. The molecule has 0 unspecified atom stereocenters. The van der Waals surface area contributed by atoms with Crippen molar-refractivity contribution >= 4 is 28.2 Å². The van der Waals surface area contributed by atoms with E-state index in [-0.39, 0.29) is 28.0 Å². The zero-order valence-electron chi connectivity index (χ0n) is 13.2. The van der Waals surface area contributed by atoms with E-state index in [9.17, 15) is 19.7 Å². The van der Waals surface area contributed by atoms with Crippen molar-refractivity contribution in [1.82, 2.24) is 9.47 Å². The topological polar surface area (TPSA) is 111 Å². The van der Waals surface area contributed by atoms with Crippen LogP contribution in [0.3, 0.4) is 0 Å². The lowest BCUT2D eigenvalue weighted by molar-refractivity contribution is -0.380. The fourth-order valence-corrected chi connectivity index (χ4v) is 2.82. The quantitative estimate of drug-likeness (QED) is 0.580. The molecule has 0 aliphatic rings. The number of aromatic nitrogens is 1. The molecule has 0 radical (unpaired) electrons. The van der Waals surface area contributed by atoms with Crippen molar-refractivity contribution in [1.29, 1.82) is 0 Å². The Balaban J connectivity index is 2.38. The van der Waals surface area contributed by atoms with Gasteiger partial charge in [-0.15, -0.1) is 0 Å². The second-order valence-electron chi connectivity index (χ2n) is 4.70. The van der Waals surface area contributed by atoms with Crippen LogP contribution in [-0.2, 0) is 11.3 Å². The summed E-state index contributed by atoms with van der Waals surface area (Å²) in [5.41, 5.74) is 0. The first kappa shape index (κ1) is 17.6. The fraction of sp³-hybridized carbons (Fsp3) is 0.357. The van der Waals surface area contributed by atoms with E-state index < -0.39 is 10.8 Å². The van der Waals surface area contributed by atoms with E-state index >= 15 is 0 Å². The summed E-state index contributed by atoms with van der Waals surface area (Å²) in [4.78, 5) is 40.1. The molecule has 9 nitrogen and oxygen atoms in total. The monoisotopic (exact) mass is 352 g/mol. The third-order valence-electron chi connectivity index (χ3n) is 3.24. The standard InChI is InChI=1S/C14H16N4O5S/c1-3-16(4-2)11(19)8-17-9-12(18(21)22)24-14(17)15-13(20)10-6-5-7-23-10/h5-7,9H,3-4,8H2,1-2H3. The Hall–Kier alpha value is -2.75. The molecule has 0 bridgehead atoms. The van der Waals surface area contributed by atoms with Gasteiger partial charge in [0.05, 0.1) is 17.4 Å². The van der Waals surface area contributed by atoms with E-state index in [0.29, 0.717) is 13.1 Å². The van der Waals surface area contributed by atoms with E-state index in [1.165, 1.54) is 29.2 Å². The number of furan rings is 1. The number of thiazole rings is 1. The first-order valence-electron chi connectivity index (χ1n) is 7.21. The summed E-state index contributed by atoms with van der Waals surface area (Å²) in [6, 6.07) is 2.98. The second-order valence-corrected chi connectivity index (χ2v) is 5.68. The van der Waals surface area contributed by atoms with Crippen molar-refractivity contribution in [2.45, 2.75) is 20.4 Å². The van der Waals surface area contributed by atoms with Crippen molar-refractivity contribution in [3.63, 3.8) is 0 Å². The van der Waals surface area contributed by atoms with Gasteiger partial charge in [0.15, 0.2) is 10.6 Å². The Labute approximate surface area is 141 Å². The minimum atomic E-state index is -0.666. The van der Waals surface area contributed by atoms with Crippen LogP contribution in [0.5, 0.6) is 0 Å². The molecule has 0 aromatic carbocycles. The molecule has 10 heteroatoms. The van der Waals surface area contributed by atoms with Gasteiger partial charge in [-0.05, 0) is 37.3 Å². The van der Waals surface area contributed by atoms with Crippen molar-refractivity contribution in [2.24, 2.45) is 4.99 Å². The number of nitro groups is 1. The molecule has 0 saturated heterocycles. The molecule has 2 aromatic heterocycles. The normalized spacial score (nSPS) is 11.5. The lowest BCUT2D eigenvalue weighted by atomic mass is 10.4. The number of likely N-dealkylation sites (N-methyl/N-ethyl adjacent to an activating group) is 1. The highest BCUT2D eigenvalue weighted by Gasteiger charge is 2.18. The lowest BCUT2D eigenvalue weighted by Gasteiger charge is -2.18. The molecule has 0 aliphatic carbocycles. The van der Waals surface area contributed by atoms with Gasteiger partial charge in [-0.3, -0.25) is 19.7 Å². The predicted octanol–water partition coefficient (Wildman–Crippen LogP) is 1.66. The van der Waals surface area contributed by atoms with Crippen LogP contribution in [0.15, 0.2) is 34.0 Å². The lowest BCUT2D eigenvalue weighted by Crippen LogP contribution is -2.35. The highest BCUT2D eigenvalue weighted by Crippen LogP contribution is 2.14. The Morgan fingerprint density at radius 1 is 1.42 bits per heavy atom. The van der Waals surface area contributed by atoms with Gasteiger partial charge in [0.2, 0.25) is 5.91 Å². The number of hydrogen-bond donors (Lipinski definition) is 0. The van der Waals surface area contributed by atoms with Crippen LogP contribution >= 0.6 is 11.3 Å². The predicted molar refractivity (Wildman–Crippen MR) is 85.5 cm³/mol. The number of nitrogens with zero attached hydrogens (tertiary/aromatic N) is 4. The summed E-state index contributed by atoms with van der Waals surface area (Å²) in [6.45, 7) is 4.61. The van der Waals surface area contributed by atoms with Crippen molar-refractivity contribution in [3.05, 3.63) is 45.3 Å². The number of carbonyl (C=O) groups is 2. The second kappa shape index (κ2) is 7.68. The number of carbonyl (C=O) groups excluding carboxylic acids is 2. The van der Waals surface area contributed by atoms with E-state index in [4.69, 9.17) is 4.42 Å². The van der Waals surface area contributed by atoms with Crippen LogP contribution < -0.4 is 4.80 Å². The number of rotatable bonds is 6. The molecule has 2 heterocycles. The van der Waals surface area contributed by atoms with Crippen molar-refractivity contribution in [3.8, 4) is 0 Å². The van der Waals surface area contributed by atoms with Gasteiger partial charge < -0.3 is 13.9 Å². The van der Waals surface area contributed by atoms with Crippen LogP contribution in [0, 0.1) is 10.1 Å². The maximum atomic E-state index is 12.2. The minimum Gasteiger partial charge on any atom is -0.459 e. The average molecular weight is 352 g/mol. The van der Waals surface area contributed by atoms with E-state index in [2.05, 4.69) is 4.99 Å². The van der Waals surface area contributed by atoms with Crippen LogP contribution in [0.25, 0.3) is 0 Å². The van der Waals surface area contributed by atoms with Gasteiger partial charge in [-0.25, -0.2) is 0 Å². The Bertz CT molecular complexity index is 801. The molecule has 0 fully saturated rings. The summed E-state index contributed by atoms with van der Waals surface area (Å²) in [5, 5.41) is 10.8. The zero-order valence-corrected chi connectivity index (χ0v) is 14.0. The Morgan fingerprint density at radius 3 is 2.67 bits per heavy atom. The highest BCUT2D eigenvalue weighted by molar-refractivity contribution is 7.12. The van der Waals surface area contributed by atoms with Gasteiger partial charge in [-0.1, -0.05) is 0 Å². The largest absolute Gasteiger partial charge is 0.459 e. The van der Waals surface area contributed by atoms with E-state index in [1.807, 2.05) is 13.8 Å². The average Bonchev–Trinajstić information content (AvgIpc) is 3.19. The van der Waals surface area contributed by atoms with Crippen LogP contribution in [0.4, 0.5) is 5.00 Å². The first-order chi connectivity index (χ1) is 11.5. The van der Waals surface area contributed by atoms with Gasteiger partial charge in [-0.2, -0.15) is 4.99 Å². The molecule has 0 saturated carbocycles. The molecule has 0 N–H and O–H groups in total. The third kappa shape index (κ3) is 3.96. The van der Waals surface area contributed by atoms with Gasteiger partial charge in [0.1, 0.15) is 6.54 Å². The molecule has 2 amide bonds. The summed E-state index contributed by atoms with van der Waals surface area (Å²) >= 11 is 0.726. The minimum absolute atomic E-state index is 0.0210. The summed E-state index contributed by atoms with van der Waals surface area (Å²) in [5.74, 6) is -0.854. The summed E-state index contributed by atoms with van der Waals surface area (Å²) < 4.78 is 6.27. The van der Waals surface area contributed by atoms with Gasteiger partial charge >= 0.3 is 10.9 Å². The zero-order chi connectivity index (χ0) is 17.7.